The minimum Gasteiger partial charge on any atom is -0.288 e. The molecule has 0 bridgehead atoms. The predicted molar refractivity (Wildman–Crippen MR) is 69.8 cm³/mol. The van der Waals surface area contributed by atoms with Crippen LogP contribution in [0.4, 0.5) is 5.95 Å². The number of aromatic nitrogens is 3. The highest BCUT2D eigenvalue weighted by atomic mass is 16.1. The molecule has 0 spiro atoms. The van der Waals surface area contributed by atoms with Crippen molar-refractivity contribution in [2.24, 2.45) is 5.10 Å². The summed E-state index contributed by atoms with van der Waals surface area (Å²) in [6.45, 7) is 3.58. The number of nitrogens with one attached hydrogen (secondary N) is 2. The lowest BCUT2D eigenvalue weighted by molar-refractivity contribution is 0.897. The number of benzene rings is 1. The Morgan fingerprint density at radius 1 is 1.28 bits per heavy atom. The van der Waals surface area contributed by atoms with E-state index in [-0.39, 0.29) is 11.5 Å². The molecule has 0 saturated heterocycles. The summed E-state index contributed by atoms with van der Waals surface area (Å²) in [4.78, 5) is 13.8. The zero-order chi connectivity index (χ0) is 13.0. The number of anilines is 1. The molecule has 1 aromatic carbocycles. The van der Waals surface area contributed by atoms with Crippen molar-refractivity contribution in [1.82, 2.24) is 15.2 Å². The number of aryl methyl sites for hydroxylation is 2. The minimum atomic E-state index is -0.279. The molecule has 0 radical (unpaired) electrons. The number of hydrogen-bond donors (Lipinski definition) is 2. The van der Waals surface area contributed by atoms with E-state index in [9.17, 15) is 4.79 Å². The van der Waals surface area contributed by atoms with E-state index in [1.54, 1.807) is 13.1 Å². The topological polar surface area (TPSA) is 83.0 Å². The van der Waals surface area contributed by atoms with Gasteiger partial charge in [-0.3, -0.25) is 9.78 Å². The number of H-pyrrole nitrogens is 1. The first-order valence-electron chi connectivity index (χ1n) is 5.45. The van der Waals surface area contributed by atoms with Crippen LogP contribution in [-0.2, 0) is 0 Å². The average molecular weight is 243 g/mol. The second kappa shape index (κ2) is 5.22. The Balaban J connectivity index is 2.10. The fourth-order valence-corrected chi connectivity index (χ4v) is 1.34. The van der Waals surface area contributed by atoms with Crippen molar-refractivity contribution in [2.45, 2.75) is 13.8 Å². The Labute approximate surface area is 104 Å². The lowest BCUT2D eigenvalue weighted by atomic mass is 10.1. The normalized spacial score (nSPS) is 10.8. The van der Waals surface area contributed by atoms with E-state index in [0.717, 1.165) is 11.1 Å². The molecule has 0 atom stereocenters. The summed E-state index contributed by atoms with van der Waals surface area (Å²) in [5.41, 5.74) is 4.78. The van der Waals surface area contributed by atoms with E-state index in [0.29, 0.717) is 5.69 Å². The first-order chi connectivity index (χ1) is 8.66. The second-order valence-corrected chi connectivity index (χ2v) is 3.81. The molecule has 0 amide bonds. The average Bonchev–Trinajstić information content (AvgIpc) is 2.36. The standard InChI is InChI=1S/C12H13N5O/c1-8-5-3-4-6-10(8)7-13-16-12-14-11(18)9(2)15-17-12/h3-7H,1-2H3,(H2,14,16,17,18)/b13-7+. The molecule has 0 aliphatic carbocycles. The van der Waals surface area contributed by atoms with Crippen LogP contribution in [0.3, 0.4) is 0 Å². The van der Waals surface area contributed by atoms with Gasteiger partial charge in [0, 0.05) is 0 Å². The first-order valence-corrected chi connectivity index (χ1v) is 5.45. The second-order valence-electron chi connectivity index (χ2n) is 3.81. The number of nitrogens with zero attached hydrogens (tertiary/aromatic N) is 3. The summed E-state index contributed by atoms with van der Waals surface area (Å²) in [6.07, 6.45) is 1.66. The zero-order valence-corrected chi connectivity index (χ0v) is 10.1. The molecular formula is C12H13N5O. The molecule has 0 aliphatic heterocycles. The van der Waals surface area contributed by atoms with Gasteiger partial charge in [-0.15, -0.1) is 10.2 Å². The van der Waals surface area contributed by atoms with E-state index in [2.05, 4.69) is 25.7 Å². The van der Waals surface area contributed by atoms with E-state index in [4.69, 9.17) is 0 Å². The Hall–Kier alpha value is -2.50. The number of aromatic amines is 1. The molecule has 1 heterocycles. The molecule has 6 nitrogen and oxygen atoms in total. The number of hydrogen-bond acceptors (Lipinski definition) is 5. The minimum absolute atomic E-state index is 0.218. The molecule has 0 fully saturated rings. The Bertz CT molecular complexity index is 632. The largest absolute Gasteiger partial charge is 0.288 e. The first kappa shape index (κ1) is 12.0. The van der Waals surface area contributed by atoms with E-state index in [1.807, 2.05) is 31.2 Å². The summed E-state index contributed by atoms with van der Waals surface area (Å²) in [5, 5.41) is 11.4. The van der Waals surface area contributed by atoms with Gasteiger partial charge in [0.2, 0.25) is 5.95 Å². The van der Waals surface area contributed by atoms with Gasteiger partial charge in [-0.1, -0.05) is 24.3 Å². The van der Waals surface area contributed by atoms with Crippen LogP contribution >= 0.6 is 0 Å². The third-order valence-electron chi connectivity index (χ3n) is 2.42. The lowest BCUT2D eigenvalue weighted by Crippen LogP contribution is -2.15. The molecule has 2 rings (SSSR count). The third kappa shape index (κ3) is 2.79. The maximum Gasteiger partial charge on any atom is 0.274 e. The van der Waals surface area contributed by atoms with Crippen molar-refractivity contribution in [2.75, 3.05) is 5.43 Å². The van der Waals surface area contributed by atoms with Gasteiger partial charge >= 0.3 is 0 Å². The van der Waals surface area contributed by atoms with Crippen molar-refractivity contribution in [1.29, 1.82) is 0 Å². The molecule has 18 heavy (non-hydrogen) atoms. The summed E-state index contributed by atoms with van der Waals surface area (Å²) >= 11 is 0. The van der Waals surface area contributed by atoms with E-state index < -0.39 is 0 Å². The monoisotopic (exact) mass is 243 g/mol. The summed E-state index contributed by atoms with van der Waals surface area (Å²) in [6, 6.07) is 7.84. The highest BCUT2D eigenvalue weighted by Gasteiger charge is 1.97. The quantitative estimate of drug-likeness (QED) is 0.627. The highest BCUT2D eigenvalue weighted by molar-refractivity contribution is 5.81. The Morgan fingerprint density at radius 2 is 2.06 bits per heavy atom. The van der Waals surface area contributed by atoms with Gasteiger partial charge in [-0.25, -0.2) is 5.43 Å². The molecule has 1 aromatic heterocycles. The van der Waals surface area contributed by atoms with Gasteiger partial charge in [0.15, 0.2) is 0 Å². The maximum atomic E-state index is 11.3. The molecule has 2 N–H and O–H groups in total. The fraction of sp³-hybridized carbons (Fsp3) is 0.167. The van der Waals surface area contributed by atoms with Crippen LogP contribution in [0.1, 0.15) is 16.8 Å². The van der Waals surface area contributed by atoms with Crippen LogP contribution < -0.4 is 11.0 Å². The maximum absolute atomic E-state index is 11.3. The summed E-state index contributed by atoms with van der Waals surface area (Å²) in [7, 11) is 0. The Kier molecular flexibility index (Phi) is 3.47. The molecule has 2 aromatic rings. The van der Waals surface area contributed by atoms with Crippen LogP contribution in [0.2, 0.25) is 0 Å². The summed E-state index contributed by atoms with van der Waals surface area (Å²) in [5.74, 6) is 0.218. The number of rotatable bonds is 3. The number of hydrazone groups is 1. The predicted octanol–water partition coefficient (Wildman–Crippen LogP) is 1.23. The molecule has 6 heteroatoms. The molecule has 0 aliphatic rings. The van der Waals surface area contributed by atoms with Crippen molar-refractivity contribution in [3.63, 3.8) is 0 Å². The SMILES string of the molecule is Cc1ccccc1/C=N/Nc1nnc(C)c(=O)[nH]1. The van der Waals surface area contributed by atoms with Crippen molar-refractivity contribution >= 4 is 12.2 Å². The Morgan fingerprint density at radius 3 is 2.78 bits per heavy atom. The van der Waals surface area contributed by atoms with Gasteiger partial charge in [-0.05, 0) is 25.0 Å². The molecular weight excluding hydrogens is 230 g/mol. The van der Waals surface area contributed by atoms with Gasteiger partial charge < -0.3 is 0 Å². The highest BCUT2D eigenvalue weighted by Crippen LogP contribution is 2.03. The van der Waals surface area contributed by atoms with E-state index >= 15 is 0 Å². The summed E-state index contributed by atoms with van der Waals surface area (Å²) < 4.78 is 0. The third-order valence-corrected chi connectivity index (χ3v) is 2.42. The van der Waals surface area contributed by atoms with E-state index in [1.165, 1.54) is 0 Å². The lowest BCUT2D eigenvalue weighted by Gasteiger charge is -1.99. The fourth-order valence-electron chi connectivity index (χ4n) is 1.34. The van der Waals surface area contributed by atoms with Crippen LogP contribution in [0.5, 0.6) is 0 Å². The van der Waals surface area contributed by atoms with Crippen LogP contribution in [0.15, 0.2) is 34.2 Å². The van der Waals surface area contributed by atoms with Crippen LogP contribution in [0, 0.1) is 13.8 Å². The van der Waals surface area contributed by atoms with Crippen molar-refractivity contribution in [3.05, 3.63) is 51.4 Å². The molecule has 92 valence electrons. The van der Waals surface area contributed by atoms with Gasteiger partial charge in [0.1, 0.15) is 5.69 Å². The zero-order valence-electron chi connectivity index (χ0n) is 10.1. The van der Waals surface area contributed by atoms with Crippen LogP contribution in [-0.4, -0.2) is 21.4 Å². The smallest absolute Gasteiger partial charge is 0.274 e. The van der Waals surface area contributed by atoms with Crippen molar-refractivity contribution < 1.29 is 0 Å². The van der Waals surface area contributed by atoms with Gasteiger partial charge in [0.25, 0.3) is 5.56 Å². The van der Waals surface area contributed by atoms with Crippen LogP contribution in [0.25, 0.3) is 0 Å². The van der Waals surface area contributed by atoms with Gasteiger partial charge in [-0.2, -0.15) is 5.10 Å². The molecule has 0 unspecified atom stereocenters. The van der Waals surface area contributed by atoms with Gasteiger partial charge in [0.05, 0.1) is 6.21 Å². The van der Waals surface area contributed by atoms with Crippen molar-refractivity contribution in [3.8, 4) is 0 Å². The molecule has 0 saturated carbocycles.